The number of rotatable bonds is 3. The number of nitrogens with one attached hydrogen (secondary N) is 1. The molecule has 1 N–H and O–H groups in total. The lowest BCUT2D eigenvalue weighted by molar-refractivity contribution is -0.127. The van der Waals surface area contributed by atoms with Crippen molar-refractivity contribution in [2.24, 2.45) is 0 Å². The van der Waals surface area contributed by atoms with Gasteiger partial charge in [0, 0.05) is 6.54 Å². The average molecular weight is 321 g/mol. The van der Waals surface area contributed by atoms with Crippen LogP contribution >= 0.6 is 12.2 Å². The smallest absolute Gasteiger partial charge is 0.427 e. The van der Waals surface area contributed by atoms with E-state index in [1.54, 1.807) is 25.7 Å². The SMILES string of the molecule is CC(C)(C)OC(=O)NN1C(=O)CN(Cc2ccccc2)C1=S. The predicted molar refractivity (Wildman–Crippen MR) is 85.7 cm³/mol. The molecule has 0 aliphatic carbocycles. The normalized spacial score (nSPS) is 15.2. The van der Waals surface area contributed by atoms with Crippen LogP contribution in [0.3, 0.4) is 0 Å². The average Bonchev–Trinajstić information content (AvgIpc) is 2.66. The van der Waals surface area contributed by atoms with E-state index in [0.717, 1.165) is 10.6 Å². The van der Waals surface area contributed by atoms with E-state index >= 15 is 0 Å². The van der Waals surface area contributed by atoms with Crippen molar-refractivity contribution in [1.82, 2.24) is 15.3 Å². The van der Waals surface area contributed by atoms with Gasteiger partial charge in [0.2, 0.25) is 0 Å². The molecule has 1 heterocycles. The fraction of sp³-hybridized carbons (Fsp3) is 0.400. The summed E-state index contributed by atoms with van der Waals surface area (Å²) < 4.78 is 5.13. The summed E-state index contributed by atoms with van der Waals surface area (Å²) in [6.07, 6.45) is -0.704. The van der Waals surface area contributed by atoms with Gasteiger partial charge in [-0.1, -0.05) is 30.3 Å². The minimum atomic E-state index is -0.704. The van der Waals surface area contributed by atoms with Crippen molar-refractivity contribution in [3.63, 3.8) is 0 Å². The maximum atomic E-state index is 12.0. The van der Waals surface area contributed by atoms with E-state index in [1.807, 2.05) is 30.3 Å². The first-order valence-electron chi connectivity index (χ1n) is 6.92. The van der Waals surface area contributed by atoms with E-state index in [0.29, 0.717) is 6.54 Å². The van der Waals surface area contributed by atoms with Crippen LogP contribution in [0.25, 0.3) is 0 Å². The number of ether oxygens (including phenoxy) is 1. The first-order chi connectivity index (χ1) is 10.3. The predicted octanol–water partition coefficient (Wildman–Crippen LogP) is 2.06. The fourth-order valence-corrected chi connectivity index (χ4v) is 2.26. The first-order valence-corrected chi connectivity index (χ1v) is 7.32. The van der Waals surface area contributed by atoms with E-state index in [2.05, 4.69) is 5.43 Å². The van der Waals surface area contributed by atoms with Gasteiger partial charge in [0.05, 0.1) is 0 Å². The second-order valence-electron chi connectivity index (χ2n) is 5.97. The van der Waals surface area contributed by atoms with Gasteiger partial charge in [-0.3, -0.25) is 4.79 Å². The summed E-state index contributed by atoms with van der Waals surface area (Å²) in [7, 11) is 0. The molecule has 0 atom stereocenters. The highest BCUT2D eigenvalue weighted by molar-refractivity contribution is 7.80. The third-order valence-electron chi connectivity index (χ3n) is 2.86. The molecule has 1 aliphatic rings. The summed E-state index contributed by atoms with van der Waals surface area (Å²) >= 11 is 5.26. The maximum absolute atomic E-state index is 12.0. The molecule has 2 rings (SSSR count). The number of nitrogens with zero attached hydrogens (tertiary/aromatic N) is 2. The summed E-state index contributed by atoms with van der Waals surface area (Å²) in [5.74, 6) is -0.285. The minimum Gasteiger partial charge on any atom is -0.443 e. The highest BCUT2D eigenvalue weighted by atomic mass is 32.1. The van der Waals surface area contributed by atoms with Gasteiger partial charge in [-0.25, -0.2) is 10.2 Å². The summed E-state index contributed by atoms with van der Waals surface area (Å²) in [6, 6.07) is 9.68. The zero-order valence-electron chi connectivity index (χ0n) is 12.8. The molecule has 7 heteroatoms. The van der Waals surface area contributed by atoms with Crippen molar-refractivity contribution in [2.45, 2.75) is 32.9 Å². The monoisotopic (exact) mass is 321 g/mol. The van der Waals surface area contributed by atoms with Gasteiger partial charge in [-0.15, -0.1) is 0 Å². The molecule has 0 spiro atoms. The Morgan fingerprint density at radius 1 is 1.32 bits per heavy atom. The minimum absolute atomic E-state index is 0.128. The van der Waals surface area contributed by atoms with Crippen LogP contribution < -0.4 is 5.43 Å². The lowest BCUT2D eigenvalue weighted by Gasteiger charge is -2.24. The van der Waals surface area contributed by atoms with E-state index in [9.17, 15) is 9.59 Å². The second-order valence-corrected chi connectivity index (χ2v) is 6.33. The number of hydrazine groups is 1. The molecular weight excluding hydrogens is 302 g/mol. The van der Waals surface area contributed by atoms with Gasteiger partial charge in [0.1, 0.15) is 12.1 Å². The number of amides is 2. The molecule has 0 unspecified atom stereocenters. The lowest BCUT2D eigenvalue weighted by Crippen LogP contribution is -2.48. The zero-order valence-corrected chi connectivity index (χ0v) is 13.6. The molecule has 0 bridgehead atoms. The Bertz CT molecular complexity index is 583. The fourth-order valence-electron chi connectivity index (χ4n) is 1.98. The number of thiocarbonyl (C=S) groups is 1. The molecular formula is C15H19N3O3S. The Labute approximate surface area is 135 Å². The van der Waals surface area contributed by atoms with Crippen LogP contribution in [0.1, 0.15) is 26.3 Å². The van der Waals surface area contributed by atoms with Crippen molar-refractivity contribution in [3.8, 4) is 0 Å². The van der Waals surface area contributed by atoms with Gasteiger partial charge in [-0.05, 0) is 38.6 Å². The highest BCUT2D eigenvalue weighted by Crippen LogP contribution is 2.14. The van der Waals surface area contributed by atoms with Crippen molar-refractivity contribution in [3.05, 3.63) is 35.9 Å². The maximum Gasteiger partial charge on any atom is 0.427 e. The summed E-state index contributed by atoms with van der Waals surface area (Å²) in [6.45, 7) is 5.89. The van der Waals surface area contributed by atoms with E-state index in [-0.39, 0.29) is 17.6 Å². The molecule has 1 aliphatic heterocycles. The Morgan fingerprint density at radius 2 is 1.95 bits per heavy atom. The molecule has 1 aromatic rings. The standard InChI is InChI=1S/C15H19N3O3S/c1-15(2,3)21-13(20)16-18-12(19)10-17(14(18)22)9-11-7-5-4-6-8-11/h4-8H,9-10H2,1-3H3,(H,16,20). The highest BCUT2D eigenvalue weighted by Gasteiger charge is 2.35. The van der Waals surface area contributed by atoms with Crippen LogP contribution in [-0.2, 0) is 16.1 Å². The topological polar surface area (TPSA) is 61.9 Å². The van der Waals surface area contributed by atoms with Crippen LogP contribution in [0.2, 0.25) is 0 Å². The van der Waals surface area contributed by atoms with Gasteiger partial charge in [0.15, 0.2) is 5.11 Å². The van der Waals surface area contributed by atoms with E-state index < -0.39 is 11.7 Å². The third kappa shape index (κ3) is 4.17. The molecule has 0 radical (unpaired) electrons. The number of hydrogen-bond donors (Lipinski definition) is 1. The second kappa shape index (κ2) is 6.31. The Morgan fingerprint density at radius 3 is 2.55 bits per heavy atom. The Hall–Kier alpha value is -2.15. The summed E-state index contributed by atoms with van der Waals surface area (Å²) in [5, 5.41) is 1.33. The Kier molecular flexibility index (Phi) is 4.65. The summed E-state index contributed by atoms with van der Waals surface area (Å²) in [5.41, 5.74) is 2.79. The quantitative estimate of drug-likeness (QED) is 0.864. The molecule has 1 saturated heterocycles. The number of carbonyl (C=O) groups excluding carboxylic acids is 2. The van der Waals surface area contributed by atoms with Crippen LogP contribution in [-0.4, -0.2) is 39.2 Å². The van der Waals surface area contributed by atoms with Crippen molar-refractivity contribution < 1.29 is 14.3 Å². The van der Waals surface area contributed by atoms with Crippen molar-refractivity contribution in [1.29, 1.82) is 0 Å². The van der Waals surface area contributed by atoms with E-state index in [4.69, 9.17) is 17.0 Å². The molecule has 118 valence electrons. The number of carbonyl (C=O) groups is 2. The van der Waals surface area contributed by atoms with Crippen LogP contribution in [0.4, 0.5) is 4.79 Å². The molecule has 22 heavy (non-hydrogen) atoms. The molecule has 2 amide bonds. The largest absolute Gasteiger partial charge is 0.443 e. The third-order valence-corrected chi connectivity index (χ3v) is 3.30. The van der Waals surface area contributed by atoms with Gasteiger partial charge in [0.25, 0.3) is 5.91 Å². The summed E-state index contributed by atoms with van der Waals surface area (Å²) in [4.78, 5) is 25.5. The van der Waals surface area contributed by atoms with Gasteiger partial charge < -0.3 is 9.64 Å². The first kappa shape index (κ1) is 16.2. The van der Waals surface area contributed by atoms with E-state index in [1.165, 1.54) is 0 Å². The van der Waals surface area contributed by atoms with Crippen molar-refractivity contribution in [2.75, 3.05) is 6.54 Å². The number of hydrogen-bond acceptors (Lipinski definition) is 4. The molecule has 0 aromatic heterocycles. The van der Waals surface area contributed by atoms with Gasteiger partial charge in [-0.2, -0.15) is 5.01 Å². The van der Waals surface area contributed by atoms with Crippen LogP contribution in [0.15, 0.2) is 30.3 Å². The molecule has 6 nitrogen and oxygen atoms in total. The van der Waals surface area contributed by atoms with Crippen LogP contribution in [0.5, 0.6) is 0 Å². The lowest BCUT2D eigenvalue weighted by atomic mass is 10.2. The molecule has 1 fully saturated rings. The van der Waals surface area contributed by atoms with Gasteiger partial charge >= 0.3 is 6.09 Å². The zero-order chi connectivity index (χ0) is 16.3. The van der Waals surface area contributed by atoms with Crippen LogP contribution in [0, 0.1) is 0 Å². The molecule has 0 saturated carbocycles. The van der Waals surface area contributed by atoms with Crippen molar-refractivity contribution >= 4 is 29.3 Å². The number of benzene rings is 1. The molecule has 1 aromatic carbocycles. The Balaban J connectivity index is 1.98.